The first-order valence-corrected chi connectivity index (χ1v) is 9.09. The smallest absolute Gasteiger partial charge is 0.228 e. The van der Waals surface area contributed by atoms with Gasteiger partial charge in [0.05, 0.1) is 12.8 Å². The maximum absolute atomic E-state index is 11.9. The summed E-state index contributed by atoms with van der Waals surface area (Å²) in [7, 11) is 0. The van der Waals surface area contributed by atoms with Gasteiger partial charge >= 0.3 is 0 Å². The molecular formula is C17H12N8OS. The average Bonchev–Trinajstić information content (AvgIpc) is 3.35. The first-order valence-electron chi connectivity index (χ1n) is 8.27. The van der Waals surface area contributed by atoms with Crippen LogP contribution in [0.1, 0.15) is 12.8 Å². The van der Waals surface area contributed by atoms with Crippen molar-refractivity contribution >= 4 is 40.5 Å². The van der Waals surface area contributed by atoms with Crippen LogP contribution in [0.3, 0.4) is 0 Å². The number of rotatable bonds is 4. The fourth-order valence-corrected chi connectivity index (χ4v) is 3.42. The second-order valence-electron chi connectivity index (χ2n) is 6.18. The van der Waals surface area contributed by atoms with Crippen LogP contribution in [0.4, 0.5) is 11.5 Å². The number of carbonyl (C=O) groups is 1. The molecule has 0 spiro atoms. The Morgan fingerprint density at radius 3 is 2.85 bits per heavy atom. The van der Waals surface area contributed by atoms with Gasteiger partial charge in [0.25, 0.3) is 0 Å². The summed E-state index contributed by atoms with van der Waals surface area (Å²) in [4.78, 5) is 19.7. The summed E-state index contributed by atoms with van der Waals surface area (Å²) in [6.07, 6.45) is 5.28. The number of amides is 1. The van der Waals surface area contributed by atoms with Crippen LogP contribution in [0.15, 0.2) is 46.8 Å². The van der Waals surface area contributed by atoms with Gasteiger partial charge in [-0.05, 0) is 42.8 Å². The minimum Gasteiger partial charge on any atom is -0.309 e. The zero-order valence-electron chi connectivity index (χ0n) is 13.9. The number of nitrogens with zero attached hydrogens (tertiary/aromatic N) is 7. The predicted molar refractivity (Wildman–Crippen MR) is 97.7 cm³/mol. The number of anilines is 1. The third-order valence-corrected chi connectivity index (χ3v) is 5.06. The van der Waals surface area contributed by atoms with Crippen LogP contribution < -0.4 is 5.32 Å². The van der Waals surface area contributed by atoms with E-state index in [-0.39, 0.29) is 11.8 Å². The summed E-state index contributed by atoms with van der Waals surface area (Å²) < 4.78 is 3.39. The number of imidazole rings is 1. The summed E-state index contributed by atoms with van der Waals surface area (Å²) in [5, 5.41) is 16.9. The monoisotopic (exact) mass is 376 g/mol. The van der Waals surface area contributed by atoms with E-state index < -0.39 is 0 Å². The largest absolute Gasteiger partial charge is 0.309 e. The Morgan fingerprint density at radius 2 is 2.04 bits per heavy atom. The lowest BCUT2D eigenvalue weighted by Crippen LogP contribution is -2.13. The summed E-state index contributed by atoms with van der Waals surface area (Å²) in [6.45, 7) is 7.15. The minimum absolute atomic E-state index is 0.0125. The summed E-state index contributed by atoms with van der Waals surface area (Å²) >= 11 is 1.34. The highest BCUT2D eigenvalue weighted by atomic mass is 32.2. The van der Waals surface area contributed by atoms with Crippen molar-refractivity contribution in [3.63, 3.8) is 0 Å². The quantitative estimate of drug-likeness (QED) is 0.551. The number of nitrogens with one attached hydrogen (secondary N) is 1. The number of pyridine rings is 1. The summed E-state index contributed by atoms with van der Waals surface area (Å²) in [5.74, 6) is 0.630. The lowest BCUT2D eigenvalue weighted by Gasteiger charge is -2.00. The van der Waals surface area contributed by atoms with E-state index in [1.807, 2.05) is 12.1 Å². The molecule has 27 heavy (non-hydrogen) atoms. The molecule has 5 rings (SSSR count). The van der Waals surface area contributed by atoms with E-state index >= 15 is 0 Å². The third-order valence-electron chi connectivity index (χ3n) is 4.18. The van der Waals surface area contributed by atoms with Crippen molar-refractivity contribution in [1.29, 1.82) is 0 Å². The molecule has 1 aliphatic carbocycles. The molecule has 1 N–H and O–H groups in total. The fourth-order valence-electron chi connectivity index (χ4n) is 2.64. The molecule has 132 valence electrons. The molecule has 1 amide bonds. The molecular weight excluding hydrogens is 364 g/mol. The Kier molecular flexibility index (Phi) is 3.54. The Morgan fingerprint density at radius 1 is 1.19 bits per heavy atom. The van der Waals surface area contributed by atoms with Crippen molar-refractivity contribution in [2.75, 3.05) is 5.32 Å². The van der Waals surface area contributed by atoms with Crippen LogP contribution in [-0.4, -0.2) is 35.1 Å². The molecule has 10 heteroatoms. The highest BCUT2D eigenvalue weighted by Gasteiger charge is 2.30. The van der Waals surface area contributed by atoms with E-state index in [0.717, 1.165) is 12.8 Å². The van der Waals surface area contributed by atoms with Gasteiger partial charge in [-0.15, -0.1) is 10.2 Å². The summed E-state index contributed by atoms with van der Waals surface area (Å²) in [5.41, 5.74) is 1.82. The first kappa shape index (κ1) is 15.8. The second kappa shape index (κ2) is 6.07. The van der Waals surface area contributed by atoms with Gasteiger partial charge in [-0.1, -0.05) is 6.07 Å². The maximum atomic E-state index is 11.9. The van der Waals surface area contributed by atoms with Crippen LogP contribution >= 0.6 is 11.8 Å². The lowest BCUT2D eigenvalue weighted by molar-refractivity contribution is -0.117. The number of hydrogen-bond donors (Lipinski definition) is 1. The van der Waals surface area contributed by atoms with Crippen molar-refractivity contribution < 1.29 is 4.79 Å². The van der Waals surface area contributed by atoms with Gasteiger partial charge in [-0.3, -0.25) is 9.20 Å². The predicted octanol–water partition coefficient (Wildman–Crippen LogP) is 2.82. The van der Waals surface area contributed by atoms with Crippen LogP contribution in [0.25, 0.3) is 16.1 Å². The highest BCUT2D eigenvalue weighted by Crippen LogP contribution is 2.30. The molecule has 0 bridgehead atoms. The van der Waals surface area contributed by atoms with Gasteiger partial charge in [0.2, 0.25) is 16.8 Å². The SMILES string of the molecule is [C-]#[N+]c1ccc2nnc(Sc3ccc4nc(NC(=O)C5CC5)cn4n3)n2c1. The van der Waals surface area contributed by atoms with Gasteiger partial charge in [0.15, 0.2) is 17.1 Å². The Bertz CT molecular complexity index is 1230. The maximum Gasteiger partial charge on any atom is 0.228 e. The molecule has 4 aromatic heterocycles. The molecule has 0 saturated heterocycles. The van der Waals surface area contributed by atoms with Crippen molar-refractivity contribution in [2.24, 2.45) is 5.92 Å². The fraction of sp³-hybridized carbons (Fsp3) is 0.176. The standard InChI is InChI=1S/C17H12N8OS/c1-18-11-4-5-14-21-22-17(24(14)8-11)27-15-7-6-13-19-12(9-25(13)23-15)20-16(26)10-2-3-10/h4-10H,2-3H2,(H,20,26). The lowest BCUT2D eigenvalue weighted by atomic mass is 10.4. The Hall–Kier alpha value is -3.45. The van der Waals surface area contributed by atoms with Crippen LogP contribution in [0.2, 0.25) is 0 Å². The molecule has 9 nitrogen and oxygen atoms in total. The molecule has 4 heterocycles. The van der Waals surface area contributed by atoms with Crippen molar-refractivity contribution in [2.45, 2.75) is 23.0 Å². The first-order chi connectivity index (χ1) is 13.2. The zero-order valence-corrected chi connectivity index (χ0v) is 14.7. The van der Waals surface area contributed by atoms with E-state index in [9.17, 15) is 4.79 Å². The van der Waals surface area contributed by atoms with Crippen molar-refractivity contribution in [1.82, 2.24) is 29.2 Å². The van der Waals surface area contributed by atoms with Gasteiger partial charge in [0.1, 0.15) is 5.03 Å². The summed E-state index contributed by atoms with van der Waals surface area (Å²) in [6, 6.07) is 7.12. The molecule has 0 atom stereocenters. The number of fused-ring (bicyclic) bond motifs is 2. The highest BCUT2D eigenvalue weighted by molar-refractivity contribution is 7.99. The molecule has 4 aromatic rings. The molecule has 1 fully saturated rings. The van der Waals surface area contributed by atoms with Crippen LogP contribution in [-0.2, 0) is 4.79 Å². The molecule has 1 aliphatic rings. The second-order valence-corrected chi connectivity index (χ2v) is 7.16. The van der Waals surface area contributed by atoms with E-state index in [1.165, 1.54) is 11.8 Å². The number of carbonyl (C=O) groups excluding carboxylic acids is 1. The number of aromatic nitrogens is 6. The molecule has 0 aromatic carbocycles. The van der Waals surface area contributed by atoms with E-state index in [4.69, 9.17) is 6.57 Å². The minimum atomic E-state index is 0.0125. The van der Waals surface area contributed by atoms with E-state index in [2.05, 4.69) is 30.4 Å². The number of hydrogen-bond acceptors (Lipinski definition) is 6. The van der Waals surface area contributed by atoms with E-state index in [0.29, 0.717) is 33.0 Å². The Labute approximate surface area is 157 Å². The Balaban J connectivity index is 1.43. The topological polar surface area (TPSA) is 93.8 Å². The third kappa shape index (κ3) is 2.98. The van der Waals surface area contributed by atoms with Crippen LogP contribution in [0, 0.1) is 12.5 Å². The van der Waals surface area contributed by atoms with Gasteiger partial charge in [-0.2, -0.15) is 5.10 Å². The molecule has 0 aliphatic heterocycles. The normalized spacial score (nSPS) is 13.7. The van der Waals surface area contributed by atoms with Gasteiger partial charge in [0, 0.05) is 12.1 Å². The van der Waals surface area contributed by atoms with Crippen LogP contribution in [0.5, 0.6) is 0 Å². The van der Waals surface area contributed by atoms with Gasteiger partial charge < -0.3 is 5.32 Å². The van der Waals surface area contributed by atoms with E-state index in [1.54, 1.807) is 33.4 Å². The molecule has 0 unspecified atom stereocenters. The molecule has 1 saturated carbocycles. The van der Waals surface area contributed by atoms with Crippen molar-refractivity contribution in [3.8, 4) is 0 Å². The average molecular weight is 376 g/mol. The zero-order chi connectivity index (χ0) is 18.4. The van der Waals surface area contributed by atoms with Gasteiger partial charge in [-0.25, -0.2) is 14.3 Å². The molecule has 0 radical (unpaired) electrons. The van der Waals surface area contributed by atoms with Crippen molar-refractivity contribution in [3.05, 3.63) is 48.1 Å².